The Labute approximate surface area is 89.1 Å². The van der Waals surface area contributed by atoms with Gasteiger partial charge in [-0.25, -0.2) is 4.79 Å². The minimum atomic E-state index is -0.967. The van der Waals surface area contributed by atoms with E-state index in [2.05, 4.69) is 0 Å². The van der Waals surface area contributed by atoms with Gasteiger partial charge in [-0.1, -0.05) is 18.2 Å². The molecular weight excluding hydrogens is 194 g/mol. The Bertz CT molecular complexity index is 313. The molecule has 1 N–H and O–H groups in total. The Kier molecular flexibility index (Phi) is 4.12. The van der Waals surface area contributed by atoms with Crippen molar-refractivity contribution in [3.05, 3.63) is 30.3 Å². The fourth-order valence-electron chi connectivity index (χ4n) is 1.23. The van der Waals surface area contributed by atoms with E-state index >= 15 is 0 Å². The van der Waals surface area contributed by atoms with Crippen LogP contribution in [0.1, 0.15) is 6.92 Å². The fraction of sp³-hybridized carbons (Fsp3) is 0.364. The van der Waals surface area contributed by atoms with Crippen molar-refractivity contribution in [3.8, 4) is 0 Å². The molecule has 15 heavy (non-hydrogen) atoms. The van der Waals surface area contributed by atoms with Crippen molar-refractivity contribution in [1.82, 2.24) is 0 Å². The van der Waals surface area contributed by atoms with Crippen LogP contribution in [-0.4, -0.2) is 31.0 Å². The smallest absolute Gasteiger partial charge is 0.411 e. The Morgan fingerprint density at radius 3 is 2.53 bits per heavy atom. The summed E-state index contributed by atoms with van der Waals surface area (Å²) in [5.41, 5.74) is 0.661. The normalized spacial score (nSPS) is 12.1. The summed E-state index contributed by atoms with van der Waals surface area (Å²) in [4.78, 5) is 12.3. The molecule has 1 aromatic rings. The molecule has 0 aliphatic carbocycles. The number of methoxy groups -OCH3 is 1. The molecule has 0 fully saturated rings. The fourth-order valence-corrected chi connectivity index (χ4v) is 1.23. The van der Waals surface area contributed by atoms with Crippen LogP contribution in [0.25, 0.3) is 0 Å². The number of rotatable bonds is 4. The Morgan fingerprint density at radius 1 is 1.47 bits per heavy atom. The maximum absolute atomic E-state index is 11.0. The minimum Gasteiger partial charge on any atom is -0.465 e. The van der Waals surface area contributed by atoms with Crippen molar-refractivity contribution < 1.29 is 14.6 Å². The lowest BCUT2D eigenvalue weighted by Crippen LogP contribution is -2.36. The molecule has 82 valence electrons. The van der Waals surface area contributed by atoms with Gasteiger partial charge in [0.05, 0.1) is 12.6 Å². The topological polar surface area (TPSA) is 49.8 Å². The molecule has 4 heteroatoms. The third-order valence-electron chi connectivity index (χ3n) is 2.14. The first-order valence-electron chi connectivity index (χ1n) is 4.73. The first-order chi connectivity index (χ1) is 7.15. The van der Waals surface area contributed by atoms with E-state index in [4.69, 9.17) is 9.84 Å². The molecule has 0 heterocycles. The molecule has 0 aromatic heterocycles. The van der Waals surface area contributed by atoms with E-state index in [9.17, 15) is 4.79 Å². The van der Waals surface area contributed by atoms with Gasteiger partial charge in [0.25, 0.3) is 0 Å². The van der Waals surface area contributed by atoms with Gasteiger partial charge in [-0.3, -0.25) is 4.90 Å². The summed E-state index contributed by atoms with van der Waals surface area (Å²) in [6.45, 7) is 2.16. The van der Waals surface area contributed by atoms with Crippen molar-refractivity contribution in [2.75, 3.05) is 18.6 Å². The van der Waals surface area contributed by atoms with Crippen LogP contribution < -0.4 is 4.90 Å². The lowest BCUT2D eigenvalue weighted by atomic mass is 10.2. The first kappa shape index (κ1) is 11.5. The molecule has 0 spiro atoms. The number of nitrogens with zero attached hydrogens (tertiary/aromatic N) is 1. The molecular formula is C11H15NO3. The van der Waals surface area contributed by atoms with Crippen molar-refractivity contribution in [3.63, 3.8) is 0 Å². The number of para-hydroxylation sites is 1. The molecule has 0 aliphatic heterocycles. The van der Waals surface area contributed by atoms with Crippen LogP contribution in [0.15, 0.2) is 30.3 Å². The van der Waals surface area contributed by atoms with Crippen LogP contribution in [0.3, 0.4) is 0 Å². The molecule has 1 rings (SSSR count). The Morgan fingerprint density at radius 2 is 2.07 bits per heavy atom. The summed E-state index contributed by atoms with van der Waals surface area (Å²) in [6, 6.07) is 8.99. The summed E-state index contributed by atoms with van der Waals surface area (Å²) in [6.07, 6.45) is -1.09. The SMILES string of the molecule is COC(C)CN(C(=O)O)c1ccccc1. The van der Waals surface area contributed by atoms with E-state index in [1.165, 1.54) is 4.90 Å². The number of ether oxygens (including phenoxy) is 1. The van der Waals surface area contributed by atoms with Crippen LogP contribution in [0, 0.1) is 0 Å². The Hall–Kier alpha value is -1.55. The summed E-state index contributed by atoms with van der Waals surface area (Å²) >= 11 is 0. The highest BCUT2D eigenvalue weighted by molar-refractivity contribution is 5.85. The number of hydrogen-bond acceptors (Lipinski definition) is 2. The van der Waals surface area contributed by atoms with E-state index in [1.807, 2.05) is 25.1 Å². The zero-order chi connectivity index (χ0) is 11.3. The van der Waals surface area contributed by atoms with Crippen molar-refractivity contribution >= 4 is 11.8 Å². The minimum absolute atomic E-state index is 0.124. The average molecular weight is 209 g/mol. The van der Waals surface area contributed by atoms with Crippen LogP contribution in [0.2, 0.25) is 0 Å². The van der Waals surface area contributed by atoms with E-state index in [0.29, 0.717) is 12.2 Å². The standard InChI is InChI=1S/C11H15NO3/c1-9(15-2)8-12(11(13)14)10-6-4-3-5-7-10/h3-7,9H,8H2,1-2H3,(H,13,14). The zero-order valence-corrected chi connectivity index (χ0v) is 8.88. The third kappa shape index (κ3) is 3.25. The molecule has 0 saturated heterocycles. The molecule has 0 bridgehead atoms. The lowest BCUT2D eigenvalue weighted by Gasteiger charge is -2.22. The van der Waals surface area contributed by atoms with Gasteiger partial charge in [0.15, 0.2) is 0 Å². The lowest BCUT2D eigenvalue weighted by molar-refractivity contribution is 0.121. The van der Waals surface area contributed by atoms with Gasteiger partial charge in [-0.05, 0) is 19.1 Å². The largest absolute Gasteiger partial charge is 0.465 e. The highest BCUT2D eigenvalue weighted by Gasteiger charge is 2.16. The molecule has 0 radical (unpaired) electrons. The maximum atomic E-state index is 11.0. The molecule has 4 nitrogen and oxygen atoms in total. The number of carboxylic acid groups (broad SMARTS) is 1. The Balaban J connectivity index is 2.80. The van der Waals surface area contributed by atoms with Crippen LogP contribution in [0.5, 0.6) is 0 Å². The second kappa shape index (κ2) is 5.36. The summed E-state index contributed by atoms with van der Waals surface area (Å²) in [5.74, 6) is 0. The molecule has 0 saturated carbocycles. The van der Waals surface area contributed by atoms with Gasteiger partial charge >= 0.3 is 6.09 Å². The van der Waals surface area contributed by atoms with Gasteiger partial charge in [0.1, 0.15) is 0 Å². The van der Waals surface area contributed by atoms with Crippen molar-refractivity contribution in [1.29, 1.82) is 0 Å². The highest BCUT2D eigenvalue weighted by Crippen LogP contribution is 2.14. The summed E-state index contributed by atoms with van der Waals surface area (Å²) in [5, 5.41) is 9.04. The van der Waals surface area contributed by atoms with Gasteiger partial charge in [-0.15, -0.1) is 0 Å². The van der Waals surface area contributed by atoms with Crippen LogP contribution in [0.4, 0.5) is 10.5 Å². The number of benzene rings is 1. The highest BCUT2D eigenvalue weighted by atomic mass is 16.5. The van der Waals surface area contributed by atoms with Gasteiger partial charge in [0.2, 0.25) is 0 Å². The number of carbonyl (C=O) groups is 1. The molecule has 1 unspecified atom stereocenters. The second-order valence-electron chi connectivity index (χ2n) is 3.28. The second-order valence-corrected chi connectivity index (χ2v) is 3.28. The van der Waals surface area contributed by atoms with Gasteiger partial charge in [0, 0.05) is 12.8 Å². The molecule has 1 aromatic carbocycles. The van der Waals surface area contributed by atoms with Gasteiger partial charge in [-0.2, -0.15) is 0 Å². The molecule has 0 aliphatic rings. The maximum Gasteiger partial charge on any atom is 0.411 e. The number of anilines is 1. The predicted octanol–water partition coefficient (Wildman–Crippen LogP) is 2.21. The summed E-state index contributed by atoms with van der Waals surface area (Å²) in [7, 11) is 1.57. The molecule has 1 atom stereocenters. The zero-order valence-electron chi connectivity index (χ0n) is 8.88. The first-order valence-corrected chi connectivity index (χ1v) is 4.73. The number of amides is 1. The predicted molar refractivity (Wildman–Crippen MR) is 58.3 cm³/mol. The van der Waals surface area contributed by atoms with Gasteiger partial charge < -0.3 is 9.84 Å². The summed E-state index contributed by atoms with van der Waals surface area (Å²) < 4.78 is 5.05. The molecule has 1 amide bonds. The van der Waals surface area contributed by atoms with Crippen LogP contribution in [-0.2, 0) is 4.74 Å². The van der Waals surface area contributed by atoms with Crippen molar-refractivity contribution in [2.45, 2.75) is 13.0 Å². The van der Waals surface area contributed by atoms with E-state index in [0.717, 1.165) is 0 Å². The third-order valence-corrected chi connectivity index (χ3v) is 2.14. The van der Waals surface area contributed by atoms with E-state index in [1.54, 1.807) is 19.2 Å². The van der Waals surface area contributed by atoms with Crippen molar-refractivity contribution in [2.24, 2.45) is 0 Å². The monoisotopic (exact) mass is 209 g/mol. The van der Waals surface area contributed by atoms with Crippen LogP contribution >= 0.6 is 0 Å². The quantitative estimate of drug-likeness (QED) is 0.827. The average Bonchev–Trinajstić information content (AvgIpc) is 2.26. The number of hydrogen-bond donors (Lipinski definition) is 1. The van der Waals surface area contributed by atoms with E-state index < -0.39 is 6.09 Å². The van der Waals surface area contributed by atoms with E-state index in [-0.39, 0.29) is 6.10 Å².